The van der Waals surface area contributed by atoms with Crippen molar-refractivity contribution in [2.45, 2.75) is 26.7 Å². The van der Waals surface area contributed by atoms with E-state index in [9.17, 15) is 5.11 Å². The van der Waals surface area contributed by atoms with E-state index in [4.69, 9.17) is 0 Å². The van der Waals surface area contributed by atoms with Gasteiger partial charge in [0.05, 0.1) is 0 Å². The maximum Gasteiger partial charge on any atom is 0.115 e. The van der Waals surface area contributed by atoms with E-state index in [2.05, 4.69) is 24.8 Å². The quantitative estimate of drug-likeness (QED) is 0.877. The summed E-state index contributed by atoms with van der Waals surface area (Å²) in [6.45, 7) is 7.97. The predicted molar refractivity (Wildman–Crippen MR) is 76.6 cm³/mol. The number of hydrogen-bond acceptors (Lipinski definition) is 2. The van der Waals surface area contributed by atoms with E-state index in [1.165, 1.54) is 24.1 Å². The van der Waals surface area contributed by atoms with Gasteiger partial charge in [0.2, 0.25) is 0 Å². The lowest BCUT2D eigenvalue weighted by molar-refractivity contribution is 0.282. The third-order valence-electron chi connectivity index (χ3n) is 3.55. The van der Waals surface area contributed by atoms with Crippen molar-refractivity contribution in [1.29, 1.82) is 0 Å². The topological polar surface area (TPSA) is 23.5 Å². The van der Waals surface area contributed by atoms with Crippen LogP contribution in [0.2, 0.25) is 0 Å². The Hall–Kier alpha value is -1.28. The molecule has 0 saturated heterocycles. The van der Waals surface area contributed by atoms with E-state index < -0.39 is 0 Å². The molecule has 2 rings (SSSR count). The minimum Gasteiger partial charge on any atom is -0.508 e. The van der Waals surface area contributed by atoms with Crippen molar-refractivity contribution in [2.75, 3.05) is 19.6 Å². The molecule has 0 amide bonds. The van der Waals surface area contributed by atoms with Crippen LogP contribution in [0.15, 0.2) is 30.3 Å². The summed E-state index contributed by atoms with van der Waals surface area (Å²) in [7, 11) is 0. The Morgan fingerprint density at radius 2 is 1.94 bits per heavy atom. The summed E-state index contributed by atoms with van der Waals surface area (Å²) < 4.78 is 0. The van der Waals surface area contributed by atoms with Crippen LogP contribution in [0.1, 0.15) is 32.3 Å². The number of nitrogens with zero attached hydrogens (tertiary/aromatic N) is 1. The van der Waals surface area contributed by atoms with Crippen LogP contribution in [-0.4, -0.2) is 29.6 Å². The average Bonchev–Trinajstić information content (AvgIpc) is 2.38. The van der Waals surface area contributed by atoms with Crippen LogP contribution in [0, 0.1) is 5.92 Å². The molecule has 1 aromatic rings. The number of benzene rings is 1. The van der Waals surface area contributed by atoms with Crippen LogP contribution < -0.4 is 0 Å². The normalized spacial score (nSPS) is 16.9. The highest BCUT2D eigenvalue weighted by molar-refractivity contribution is 5.67. The molecular weight excluding hydrogens is 222 g/mol. The van der Waals surface area contributed by atoms with Crippen LogP contribution in [0.5, 0.6) is 5.75 Å². The first-order valence-electron chi connectivity index (χ1n) is 6.86. The third-order valence-corrected chi connectivity index (χ3v) is 3.55. The fraction of sp³-hybridized carbons (Fsp3) is 0.500. The minimum atomic E-state index is 0.341. The summed E-state index contributed by atoms with van der Waals surface area (Å²) in [6.07, 6.45) is 4.72. The molecule has 0 bridgehead atoms. The van der Waals surface area contributed by atoms with Gasteiger partial charge in [0.15, 0.2) is 0 Å². The second-order valence-electron chi connectivity index (χ2n) is 5.51. The zero-order chi connectivity index (χ0) is 13.0. The molecule has 0 atom stereocenters. The molecule has 1 aromatic carbocycles. The van der Waals surface area contributed by atoms with Crippen molar-refractivity contribution in [3.63, 3.8) is 0 Å². The van der Waals surface area contributed by atoms with Gasteiger partial charge in [-0.05, 0) is 48.6 Å². The van der Waals surface area contributed by atoms with E-state index in [1.807, 2.05) is 12.1 Å². The number of aromatic hydroxyl groups is 1. The van der Waals surface area contributed by atoms with Crippen molar-refractivity contribution in [1.82, 2.24) is 4.90 Å². The maximum absolute atomic E-state index is 9.29. The fourth-order valence-corrected chi connectivity index (χ4v) is 2.29. The van der Waals surface area contributed by atoms with Gasteiger partial charge in [-0.3, -0.25) is 4.90 Å². The number of hydrogen-bond donors (Lipinski definition) is 1. The van der Waals surface area contributed by atoms with E-state index in [-0.39, 0.29) is 0 Å². The highest BCUT2D eigenvalue weighted by Gasteiger charge is 2.12. The highest BCUT2D eigenvalue weighted by atomic mass is 16.3. The van der Waals surface area contributed by atoms with Gasteiger partial charge in [0.1, 0.15) is 5.75 Å². The van der Waals surface area contributed by atoms with E-state index in [1.54, 1.807) is 12.1 Å². The molecule has 1 heterocycles. The molecule has 0 spiro atoms. The molecule has 0 aromatic heterocycles. The molecule has 1 aliphatic heterocycles. The first-order chi connectivity index (χ1) is 8.65. The monoisotopic (exact) mass is 245 g/mol. The Kier molecular flexibility index (Phi) is 4.43. The second-order valence-corrected chi connectivity index (χ2v) is 5.51. The molecule has 0 fully saturated rings. The standard InChI is InChI=1S/C16H23NO/c1-13(2)7-10-17-11-8-15(9-12-17)14-3-5-16(18)6-4-14/h3-6,8,13,18H,7,9-12H2,1-2H3. The minimum absolute atomic E-state index is 0.341. The lowest BCUT2D eigenvalue weighted by Gasteiger charge is -2.27. The van der Waals surface area contributed by atoms with Crippen LogP contribution in [0.4, 0.5) is 0 Å². The van der Waals surface area contributed by atoms with Gasteiger partial charge in [0, 0.05) is 13.1 Å². The van der Waals surface area contributed by atoms with E-state index >= 15 is 0 Å². The van der Waals surface area contributed by atoms with Crippen LogP contribution >= 0.6 is 0 Å². The van der Waals surface area contributed by atoms with Crippen molar-refractivity contribution >= 4 is 5.57 Å². The lowest BCUT2D eigenvalue weighted by atomic mass is 9.99. The molecule has 2 nitrogen and oxygen atoms in total. The van der Waals surface area contributed by atoms with Crippen LogP contribution in [-0.2, 0) is 0 Å². The SMILES string of the molecule is CC(C)CCN1CC=C(c2ccc(O)cc2)CC1. The van der Waals surface area contributed by atoms with Gasteiger partial charge >= 0.3 is 0 Å². The molecule has 2 heteroatoms. The Labute approximate surface area is 110 Å². The van der Waals surface area contributed by atoms with Gasteiger partial charge in [0.25, 0.3) is 0 Å². The number of rotatable bonds is 4. The zero-order valence-corrected chi connectivity index (χ0v) is 11.4. The molecular formula is C16H23NO. The van der Waals surface area contributed by atoms with Crippen molar-refractivity contribution in [3.8, 4) is 5.75 Å². The van der Waals surface area contributed by atoms with Crippen LogP contribution in [0.25, 0.3) is 5.57 Å². The number of phenolic OH excluding ortho intramolecular Hbond substituents is 1. The Morgan fingerprint density at radius 3 is 2.50 bits per heavy atom. The van der Waals surface area contributed by atoms with Crippen LogP contribution in [0.3, 0.4) is 0 Å². The van der Waals surface area contributed by atoms with E-state index in [0.717, 1.165) is 25.4 Å². The molecule has 0 radical (unpaired) electrons. The molecule has 18 heavy (non-hydrogen) atoms. The molecule has 0 unspecified atom stereocenters. The number of phenols is 1. The highest BCUT2D eigenvalue weighted by Crippen LogP contribution is 2.24. The second kappa shape index (κ2) is 6.05. The van der Waals surface area contributed by atoms with Gasteiger partial charge in [-0.15, -0.1) is 0 Å². The van der Waals surface area contributed by atoms with Gasteiger partial charge in [-0.25, -0.2) is 0 Å². The van der Waals surface area contributed by atoms with Gasteiger partial charge in [-0.1, -0.05) is 32.1 Å². The Bertz CT molecular complexity index is 406. The van der Waals surface area contributed by atoms with E-state index in [0.29, 0.717) is 5.75 Å². The summed E-state index contributed by atoms with van der Waals surface area (Å²) in [6, 6.07) is 7.54. The van der Waals surface area contributed by atoms with Crippen molar-refractivity contribution in [2.24, 2.45) is 5.92 Å². The van der Waals surface area contributed by atoms with Crippen molar-refractivity contribution < 1.29 is 5.11 Å². The molecule has 1 aliphatic rings. The average molecular weight is 245 g/mol. The first-order valence-corrected chi connectivity index (χ1v) is 6.86. The van der Waals surface area contributed by atoms with Gasteiger partial charge in [-0.2, -0.15) is 0 Å². The molecule has 98 valence electrons. The molecule has 0 aliphatic carbocycles. The van der Waals surface area contributed by atoms with Gasteiger partial charge < -0.3 is 5.11 Å². The Balaban J connectivity index is 1.92. The smallest absolute Gasteiger partial charge is 0.115 e. The summed E-state index contributed by atoms with van der Waals surface area (Å²) in [5.74, 6) is 1.13. The fourth-order valence-electron chi connectivity index (χ4n) is 2.29. The summed E-state index contributed by atoms with van der Waals surface area (Å²) in [5.41, 5.74) is 2.66. The predicted octanol–water partition coefficient (Wildman–Crippen LogP) is 3.53. The third kappa shape index (κ3) is 3.61. The first kappa shape index (κ1) is 13.2. The summed E-state index contributed by atoms with van der Waals surface area (Å²) in [4.78, 5) is 2.52. The Morgan fingerprint density at radius 1 is 1.22 bits per heavy atom. The summed E-state index contributed by atoms with van der Waals surface area (Å²) >= 11 is 0. The maximum atomic E-state index is 9.29. The zero-order valence-electron chi connectivity index (χ0n) is 11.4. The van der Waals surface area contributed by atoms with Crippen molar-refractivity contribution in [3.05, 3.63) is 35.9 Å². The lowest BCUT2D eigenvalue weighted by Crippen LogP contribution is -2.30. The molecule has 1 N–H and O–H groups in total. The molecule has 0 saturated carbocycles. The largest absolute Gasteiger partial charge is 0.508 e. The summed E-state index contributed by atoms with van der Waals surface area (Å²) in [5, 5.41) is 9.29.